The number of hydrogen-bond acceptors (Lipinski definition) is 7. The van der Waals surface area contributed by atoms with Gasteiger partial charge in [0.2, 0.25) is 5.75 Å². The molecule has 1 N–H and O–H groups in total. The average molecular weight is 384 g/mol. The normalized spacial score (nSPS) is 16.1. The van der Waals surface area contributed by atoms with E-state index in [2.05, 4.69) is 0 Å². The molecule has 0 bridgehead atoms. The van der Waals surface area contributed by atoms with Crippen LogP contribution in [0.25, 0.3) is 11.1 Å². The Hall–Kier alpha value is -3.22. The second kappa shape index (κ2) is 6.74. The smallest absolute Gasteiger partial charge is 0.338 e. The molecule has 1 saturated carbocycles. The average Bonchev–Trinajstić information content (AvgIpc) is 3.42. The Balaban J connectivity index is 1.77. The largest absolute Gasteiger partial charge is 0.504 e. The van der Waals surface area contributed by atoms with Crippen molar-refractivity contribution in [2.24, 2.45) is 5.41 Å². The van der Waals surface area contributed by atoms with Crippen molar-refractivity contribution in [2.75, 3.05) is 20.8 Å². The molecule has 7 nitrogen and oxygen atoms in total. The molecule has 146 valence electrons. The number of phenols is 1. The molecule has 7 heteroatoms. The first kappa shape index (κ1) is 18.2. The van der Waals surface area contributed by atoms with E-state index in [0.717, 1.165) is 11.1 Å². The van der Waals surface area contributed by atoms with Gasteiger partial charge in [0, 0.05) is 11.1 Å². The van der Waals surface area contributed by atoms with Gasteiger partial charge in [-0.15, -0.1) is 0 Å². The van der Waals surface area contributed by atoms with Crippen LogP contribution in [0, 0.1) is 5.41 Å². The number of hydrogen-bond donors (Lipinski definition) is 1. The fourth-order valence-electron chi connectivity index (χ4n) is 3.49. The summed E-state index contributed by atoms with van der Waals surface area (Å²) in [6.07, 6.45) is 1.36. The van der Waals surface area contributed by atoms with Crippen molar-refractivity contribution in [2.45, 2.75) is 19.4 Å². The van der Waals surface area contributed by atoms with Crippen molar-refractivity contribution in [3.63, 3.8) is 0 Å². The zero-order valence-electron chi connectivity index (χ0n) is 15.6. The molecule has 0 radical (unpaired) electrons. The first-order chi connectivity index (χ1) is 13.5. The van der Waals surface area contributed by atoms with E-state index in [1.54, 1.807) is 18.2 Å². The van der Waals surface area contributed by atoms with Crippen LogP contribution in [0.5, 0.6) is 17.2 Å². The van der Waals surface area contributed by atoms with Gasteiger partial charge in [-0.1, -0.05) is 12.1 Å². The fourth-order valence-corrected chi connectivity index (χ4v) is 3.49. The maximum Gasteiger partial charge on any atom is 0.338 e. The van der Waals surface area contributed by atoms with Crippen LogP contribution in [-0.4, -0.2) is 37.9 Å². The van der Waals surface area contributed by atoms with Crippen molar-refractivity contribution < 1.29 is 33.6 Å². The fraction of sp³-hybridized carbons (Fsp3) is 0.333. The third-order valence-electron chi connectivity index (χ3n) is 5.29. The number of fused-ring (bicyclic) bond motifs is 1. The standard InChI is InChI=1S/C21H20O7/c1-25-18-16(22)7-6-13(12-4-3-5-14-15(12)10-27-19(14)23)17(18)28-11-21(8-9-21)20(24)26-2/h3-7,22H,8-11H2,1-2H3. The van der Waals surface area contributed by atoms with Gasteiger partial charge in [0.1, 0.15) is 18.6 Å². The van der Waals surface area contributed by atoms with Gasteiger partial charge in [-0.2, -0.15) is 0 Å². The third-order valence-corrected chi connectivity index (χ3v) is 5.29. The number of rotatable bonds is 6. The lowest BCUT2D eigenvalue weighted by Crippen LogP contribution is -2.25. The van der Waals surface area contributed by atoms with E-state index < -0.39 is 5.41 Å². The number of benzene rings is 2. The molecule has 0 unspecified atom stereocenters. The Labute approximate surface area is 161 Å². The van der Waals surface area contributed by atoms with Crippen LogP contribution in [-0.2, 0) is 20.9 Å². The number of esters is 2. The quantitative estimate of drug-likeness (QED) is 0.765. The highest BCUT2D eigenvalue weighted by Crippen LogP contribution is 2.50. The predicted molar refractivity (Wildman–Crippen MR) is 98.4 cm³/mol. The summed E-state index contributed by atoms with van der Waals surface area (Å²) >= 11 is 0. The lowest BCUT2D eigenvalue weighted by atomic mass is 9.95. The highest BCUT2D eigenvalue weighted by Gasteiger charge is 2.52. The molecule has 0 aromatic heterocycles. The van der Waals surface area contributed by atoms with Crippen LogP contribution >= 0.6 is 0 Å². The lowest BCUT2D eigenvalue weighted by molar-refractivity contribution is -0.148. The Kier molecular flexibility index (Phi) is 4.37. The molecular formula is C21H20O7. The van der Waals surface area contributed by atoms with Crippen LogP contribution in [0.3, 0.4) is 0 Å². The zero-order valence-corrected chi connectivity index (χ0v) is 15.6. The maximum atomic E-state index is 12.0. The summed E-state index contributed by atoms with van der Waals surface area (Å²) in [7, 11) is 2.79. The Morgan fingerprint density at radius 3 is 2.54 bits per heavy atom. The summed E-state index contributed by atoms with van der Waals surface area (Å²) in [5.74, 6) is -0.282. The van der Waals surface area contributed by atoms with Gasteiger partial charge in [0.25, 0.3) is 0 Å². The molecule has 2 aliphatic rings. The second-order valence-electron chi connectivity index (χ2n) is 6.96. The van der Waals surface area contributed by atoms with E-state index in [9.17, 15) is 14.7 Å². The van der Waals surface area contributed by atoms with Gasteiger partial charge in [-0.3, -0.25) is 4.79 Å². The van der Waals surface area contributed by atoms with Crippen LogP contribution in [0.4, 0.5) is 0 Å². The first-order valence-corrected chi connectivity index (χ1v) is 8.91. The van der Waals surface area contributed by atoms with Crippen LogP contribution in [0.2, 0.25) is 0 Å². The summed E-state index contributed by atoms with van der Waals surface area (Å²) < 4.78 is 21.4. The van der Waals surface area contributed by atoms with E-state index in [-0.39, 0.29) is 36.7 Å². The summed E-state index contributed by atoms with van der Waals surface area (Å²) in [5.41, 5.74) is 1.98. The highest BCUT2D eigenvalue weighted by atomic mass is 16.5. The molecule has 0 atom stereocenters. The summed E-state index contributed by atoms with van der Waals surface area (Å²) in [5, 5.41) is 10.2. The molecule has 1 aliphatic carbocycles. The first-order valence-electron chi connectivity index (χ1n) is 8.91. The number of carbonyl (C=O) groups is 2. The Bertz CT molecular complexity index is 959. The molecule has 1 aliphatic heterocycles. The number of methoxy groups -OCH3 is 2. The van der Waals surface area contributed by atoms with E-state index in [1.165, 1.54) is 20.3 Å². The predicted octanol–water partition coefficient (Wildman–Crippen LogP) is 3.07. The van der Waals surface area contributed by atoms with E-state index in [4.69, 9.17) is 18.9 Å². The number of carbonyl (C=O) groups excluding carboxylic acids is 2. The third kappa shape index (κ3) is 2.83. The molecule has 4 rings (SSSR count). The van der Waals surface area contributed by atoms with Gasteiger partial charge in [0.15, 0.2) is 11.5 Å². The monoisotopic (exact) mass is 384 g/mol. The molecule has 1 heterocycles. The zero-order chi connectivity index (χ0) is 19.9. The minimum absolute atomic E-state index is 0.0796. The van der Waals surface area contributed by atoms with Gasteiger partial charge >= 0.3 is 11.9 Å². The number of ether oxygens (including phenoxy) is 4. The van der Waals surface area contributed by atoms with Gasteiger partial charge < -0.3 is 24.1 Å². The van der Waals surface area contributed by atoms with Crippen LogP contribution in [0.1, 0.15) is 28.8 Å². The van der Waals surface area contributed by atoms with E-state index >= 15 is 0 Å². The van der Waals surface area contributed by atoms with Crippen molar-refractivity contribution in [1.82, 2.24) is 0 Å². The molecule has 0 amide bonds. The highest BCUT2D eigenvalue weighted by molar-refractivity contribution is 5.96. The Morgan fingerprint density at radius 1 is 1.11 bits per heavy atom. The van der Waals surface area contributed by atoms with Gasteiger partial charge in [0.05, 0.1) is 19.8 Å². The molecule has 0 saturated heterocycles. The summed E-state index contributed by atoms with van der Waals surface area (Å²) in [6, 6.07) is 8.53. The van der Waals surface area contributed by atoms with Crippen molar-refractivity contribution in [3.8, 4) is 28.4 Å². The van der Waals surface area contributed by atoms with Gasteiger partial charge in [-0.05, 0) is 36.6 Å². The second-order valence-corrected chi connectivity index (χ2v) is 6.96. The topological polar surface area (TPSA) is 91.3 Å². The molecular weight excluding hydrogens is 364 g/mol. The Morgan fingerprint density at radius 2 is 1.86 bits per heavy atom. The molecule has 2 aromatic carbocycles. The minimum atomic E-state index is -0.666. The summed E-state index contributed by atoms with van der Waals surface area (Å²) in [6.45, 7) is 0.274. The van der Waals surface area contributed by atoms with Crippen molar-refractivity contribution in [1.29, 1.82) is 0 Å². The maximum absolute atomic E-state index is 12.0. The lowest BCUT2D eigenvalue weighted by Gasteiger charge is -2.20. The number of phenolic OH excluding ortho intramolecular Hbond substituents is 1. The van der Waals surface area contributed by atoms with E-state index in [0.29, 0.717) is 29.7 Å². The molecule has 28 heavy (non-hydrogen) atoms. The SMILES string of the molecule is COC(=O)C1(COc2c(-c3cccc4c3COC4=O)ccc(O)c2OC)CC1. The number of aromatic hydroxyl groups is 1. The molecule has 0 spiro atoms. The van der Waals surface area contributed by atoms with Crippen molar-refractivity contribution in [3.05, 3.63) is 41.5 Å². The molecule has 1 fully saturated rings. The van der Waals surface area contributed by atoms with E-state index in [1.807, 2.05) is 6.07 Å². The van der Waals surface area contributed by atoms with Crippen LogP contribution < -0.4 is 9.47 Å². The van der Waals surface area contributed by atoms with Crippen molar-refractivity contribution >= 4 is 11.9 Å². The molecule has 2 aromatic rings. The van der Waals surface area contributed by atoms with Crippen LogP contribution in [0.15, 0.2) is 30.3 Å². The van der Waals surface area contributed by atoms with Gasteiger partial charge in [-0.25, -0.2) is 4.79 Å². The minimum Gasteiger partial charge on any atom is -0.504 e. The summed E-state index contributed by atoms with van der Waals surface area (Å²) in [4.78, 5) is 24.0. The number of cyclic esters (lactones) is 1.